The van der Waals surface area contributed by atoms with Gasteiger partial charge in [0.05, 0.1) is 12.9 Å². The number of amides is 1. The summed E-state index contributed by atoms with van der Waals surface area (Å²) in [6.45, 7) is 3.06. The molecule has 1 aliphatic carbocycles. The second kappa shape index (κ2) is 10.1. The van der Waals surface area contributed by atoms with Gasteiger partial charge >= 0.3 is 0 Å². The number of likely N-dealkylation sites (N-methyl/N-ethyl adjacent to an activating group) is 2. The van der Waals surface area contributed by atoms with Crippen molar-refractivity contribution in [1.29, 1.82) is 0 Å². The number of carbonyl (C=O) groups excluding carboxylic acids is 1. The predicted molar refractivity (Wildman–Crippen MR) is 97.6 cm³/mol. The van der Waals surface area contributed by atoms with Gasteiger partial charge in [-0.2, -0.15) is 0 Å². The third-order valence-electron chi connectivity index (χ3n) is 4.08. The van der Waals surface area contributed by atoms with Crippen molar-refractivity contribution in [2.75, 3.05) is 54.0 Å². The molecule has 0 atom stereocenters. The van der Waals surface area contributed by atoms with Crippen molar-refractivity contribution in [3.8, 4) is 0 Å². The monoisotopic (exact) mass is 350 g/mol. The summed E-state index contributed by atoms with van der Waals surface area (Å²) >= 11 is 0. The van der Waals surface area contributed by atoms with Gasteiger partial charge in [-0.25, -0.2) is 4.99 Å². The summed E-state index contributed by atoms with van der Waals surface area (Å²) in [5.74, 6) is 2.37. The molecular weight excluding hydrogens is 320 g/mol. The lowest BCUT2D eigenvalue weighted by Crippen LogP contribution is -2.42. The fraction of sp³-hybridized carbons (Fsp3) is 0.667. The van der Waals surface area contributed by atoms with E-state index in [0.29, 0.717) is 19.1 Å². The molecule has 0 aliphatic heterocycles. The van der Waals surface area contributed by atoms with Crippen LogP contribution in [0.1, 0.15) is 18.6 Å². The Labute approximate surface area is 150 Å². The first-order valence-electron chi connectivity index (χ1n) is 8.86. The molecule has 1 fully saturated rings. The van der Waals surface area contributed by atoms with Crippen molar-refractivity contribution in [1.82, 2.24) is 15.1 Å². The number of ether oxygens (including phenoxy) is 1. The number of nitrogens with zero attached hydrogens (tertiary/aromatic N) is 3. The van der Waals surface area contributed by atoms with E-state index in [9.17, 15) is 4.79 Å². The minimum atomic E-state index is -0.0243. The van der Waals surface area contributed by atoms with Crippen LogP contribution in [-0.2, 0) is 16.0 Å². The zero-order valence-corrected chi connectivity index (χ0v) is 15.5. The summed E-state index contributed by atoms with van der Waals surface area (Å²) in [6, 6.07) is 3.83. The van der Waals surface area contributed by atoms with Gasteiger partial charge in [-0.05, 0) is 30.9 Å². The highest BCUT2D eigenvalue weighted by atomic mass is 16.5. The third kappa shape index (κ3) is 7.60. The molecule has 2 rings (SSSR count). The SMILES string of the molecule is CN(C)C(=O)CN=C(NCCc1ccco1)N(C)CCOCC1CC1. The lowest BCUT2D eigenvalue weighted by atomic mass is 10.3. The zero-order valence-electron chi connectivity index (χ0n) is 15.5. The molecule has 0 radical (unpaired) electrons. The molecule has 7 heteroatoms. The molecule has 1 N–H and O–H groups in total. The Morgan fingerprint density at radius 2 is 2.20 bits per heavy atom. The average molecular weight is 350 g/mol. The van der Waals surface area contributed by atoms with Crippen LogP contribution in [0.2, 0.25) is 0 Å². The molecule has 1 aromatic rings. The number of rotatable bonds is 10. The maximum absolute atomic E-state index is 11.8. The molecule has 0 aromatic carbocycles. The van der Waals surface area contributed by atoms with Crippen LogP contribution in [0.5, 0.6) is 0 Å². The maximum Gasteiger partial charge on any atom is 0.243 e. The van der Waals surface area contributed by atoms with Crippen LogP contribution in [0.4, 0.5) is 0 Å². The van der Waals surface area contributed by atoms with Gasteiger partial charge in [0.25, 0.3) is 0 Å². The van der Waals surface area contributed by atoms with E-state index in [2.05, 4.69) is 10.3 Å². The summed E-state index contributed by atoms with van der Waals surface area (Å²) in [5, 5.41) is 3.30. The molecule has 25 heavy (non-hydrogen) atoms. The number of nitrogens with one attached hydrogen (secondary N) is 1. The van der Waals surface area contributed by atoms with Crippen molar-refractivity contribution in [2.24, 2.45) is 10.9 Å². The first-order chi connectivity index (χ1) is 12.1. The van der Waals surface area contributed by atoms with Gasteiger partial charge in [0.2, 0.25) is 5.91 Å². The van der Waals surface area contributed by atoms with Gasteiger partial charge in [-0.3, -0.25) is 4.79 Å². The van der Waals surface area contributed by atoms with Crippen LogP contribution in [0.3, 0.4) is 0 Å². The Morgan fingerprint density at radius 3 is 2.84 bits per heavy atom. The topological polar surface area (TPSA) is 70.3 Å². The molecule has 0 bridgehead atoms. The lowest BCUT2D eigenvalue weighted by molar-refractivity contribution is -0.127. The minimum Gasteiger partial charge on any atom is -0.469 e. The Morgan fingerprint density at radius 1 is 1.40 bits per heavy atom. The van der Waals surface area contributed by atoms with E-state index in [0.717, 1.165) is 31.3 Å². The van der Waals surface area contributed by atoms with Gasteiger partial charge in [0, 0.05) is 47.3 Å². The zero-order chi connectivity index (χ0) is 18.1. The lowest BCUT2D eigenvalue weighted by Gasteiger charge is -2.22. The van der Waals surface area contributed by atoms with Gasteiger partial charge in [-0.15, -0.1) is 0 Å². The van der Waals surface area contributed by atoms with Crippen LogP contribution in [0.25, 0.3) is 0 Å². The Hall–Kier alpha value is -2.02. The number of guanidine groups is 1. The van der Waals surface area contributed by atoms with Crippen molar-refractivity contribution in [3.63, 3.8) is 0 Å². The molecule has 7 nitrogen and oxygen atoms in total. The summed E-state index contributed by atoms with van der Waals surface area (Å²) in [7, 11) is 5.42. The fourth-order valence-corrected chi connectivity index (χ4v) is 2.19. The second-order valence-corrected chi connectivity index (χ2v) is 6.62. The third-order valence-corrected chi connectivity index (χ3v) is 4.08. The number of hydrogen-bond acceptors (Lipinski definition) is 4. The Balaban J connectivity index is 1.80. The van der Waals surface area contributed by atoms with E-state index < -0.39 is 0 Å². The first kappa shape index (κ1) is 19.3. The smallest absolute Gasteiger partial charge is 0.243 e. The average Bonchev–Trinajstić information content (AvgIpc) is 3.27. The van der Waals surface area contributed by atoms with E-state index in [-0.39, 0.29) is 12.5 Å². The molecule has 0 spiro atoms. The number of furan rings is 1. The van der Waals surface area contributed by atoms with Crippen molar-refractivity contribution in [3.05, 3.63) is 24.2 Å². The van der Waals surface area contributed by atoms with E-state index in [1.165, 1.54) is 12.8 Å². The Kier molecular flexibility index (Phi) is 7.78. The van der Waals surface area contributed by atoms with Gasteiger partial charge in [0.1, 0.15) is 12.3 Å². The number of carbonyl (C=O) groups is 1. The molecule has 0 unspecified atom stereocenters. The Bertz CT molecular complexity index is 539. The molecule has 1 aliphatic rings. The van der Waals surface area contributed by atoms with Crippen LogP contribution >= 0.6 is 0 Å². The van der Waals surface area contributed by atoms with Crippen LogP contribution < -0.4 is 5.32 Å². The highest BCUT2D eigenvalue weighted by Crippen LogP contribution is 2.28. The van der Waals surface area contributed by atoms with E-state index in [1.54, 1.807) is 25.3 Å². The van der Waals surface area contributed by atoms with E-state index in [1.807, 2.05) is 24.1 Å². The largest absolute Gasteiger partial charge is 0.469 e. The predicted octanol–water partition coefficient (Wildman–Crippen LogP) is 1.21. The molecule has 0 saturated heterocycles. The maximum atomic E-state index is 11.8. The number of aliphatic imine (C=N–C) groups is 1. The molecule has 1 saturated carbocycles. The van der Waals surface area contributed by atoms with Crippen molar-refractivity contribution in [2.45, 2.75) is 19.3 Å². The normalized spacial score (nSPS) is 14.4. The molecule has 1 heterocycles. The highest BCUT2D eigenvalue weighted by molar-refractivity contribution is 5.84. The standard InChI is InChI=1S/C18H30N4O3/c1-21(2)17(23)13-20-18(19-9-8-16-5-4-11-25-16)22(3)10-12-24-14-15-6-7-15/h4-5,11,15H,6-10,12-14H2,1-3H3,(H,19,20). The van der Waals surface area contributed by atoms with Crippen LogP contribution in [0, 0.1) is 5.92 Å². The first-order valence-corrected chi connectivity index (χ1v) is 8.86. The van der Waals surface area contributed by atoms with Gasteiger partial charge in [-0.1, -0.05) is 0 Å². The second-order valence-electron chi connectivity index (χ2n) is 6.62. The highest BCUT2D eigenvalue weighted by Gasteiger charge is 2.21. The summed E-state index contributed by atoms with van der Waals surface area (Å²) in [5.41, 5.74) is 0. The summed E-state index contributed by atoms with van der Waals surface area (Å²) in [4.78, 5) is 19.8. The fourth-order valence-electron chi connectivity index (χ4n) is 2.19. The summed E-state index contributed by atoms with van der Waals surface area (Å²) < 4.78 is 11.0. The van der Waals surface area contributed by atoms with Crippen molar-refractivity contribution < 1.29 is 13.9 Å². The molecule has 1 amide bonds. The van der Waals surface area contributed by atoms with Crippen LogP contribution in [0.15, 0.2) is 27.8 Å². The van der Waals surface area contributed by atoms with Crippen LogP contribution in [-0.4, -0.2) is 75.7 Å². The number of hydrogen-bond donors (Lipinski definition) is 1. The van der Waals surface area contributed by atoms with Gasteiger partial charge in [0.15, 0.2) is 5.96 Å². The van der Waals surface area contributed by atoms with Crippen molar-refractivity contribution >= 4 is 11.9 Å². The molecule has 1 aromatic heterocycles. The minimum absolute atomic E-state index is 0.0243. The van der Waals surface area contributed by atoms with Gasteiger partial charge < -0.3 is 24.3 Å². The molecular formula is C18H30N4O3. The van der Waals surface area contributed by atoms with E-state index in [4.69, 9.17) is 9.15 Å². The quantitative estimate of drug-likeness (QED) is 0.390. The molecule has 140 valence electrons. The summed E-state index contributed by atoms with van der Waals surface area (Å²) in [6.07, 6.45) is 5.02. The van der Waals surface area contributed by atoms with E-state index >= 15 is 0 Å².